The molecule has 0 saturated heterocycles. The van der Waals surface area contributed by atoms with Crippen LogP contribution in [-0.2, 0) is 0 Å². The van der Waals surface area contributed by atoms with Gasteiger partial charge in [-0.1, -0.05) is 30.3 Å². The van der Waals surface area contributed by atoms with Gasteiger partial charge in [0, 0.05) is 11.3 Å². The molecule has 4 N–H and O–H groups in total. The number of carboxylic acids is 1. The molecule has 0 aliphatic heterocycles. The monoisotopic (exact) mass is 229 g/mol. The highest BCUT2D eigenvalue weighted by atomic mass is 16.4. The number of nitrogen functional groups attached to an aromatic ring is 1. The summed E-state index contributed by atoms with van der Waals surface area (Å²) in [6, 6.07) is 11.8. The number of aromatic hydroxyl groups is 1. The Morgan fingerprint density at radius 2 is 1.76 bits per heavy atom. The highest BCUT2D eigenvalue weighted by Gasteiger charge is 2.15. The van der Waals surface area contributed by atoms with Crippen molar-refractivity contribution in [1.82, 2.24) is 0 Å². The van der Waals surface area contributed by atoms with Crippen LogP contribution < -0.4 is 5.73 Å². The average molecular weight is 229 g/mol. The Labute approximate surface area is 97.9 Å². The van der Waals surface area contributed by atoms with Crippen molar-refractivity contribution in [1.29, 1.82) is 0 Å². The summed E-state index contributed by atoms with van der Waals surface area (Å²) in [6.45, 7) is 0. The summed E-state index contributed by atoms with van der Waals surface area (Å²) in [5.41, 5.74) is 6.88. The van der Waals surface area contributed by atoms with E-state index in [2.05, 4.69) is 0 Å². The van der Waals surface area contributed by atoms with Crippen LogP contribution in [0.3, 0.4) is 0 Å². The maximum atomic E-state index is 10.9. The molecule has 0 amide bonds. The second-order valence-electron chi connectivity index (χ2n) is 3.64. The summed E-state index contributed by atoms with van der Waals surface area (Å²) in [7, 11) is 0. The highest BCUT2D eigenvalue weighted by molar-refractivity contribution is 5.95. The van der Waals surface area contributed by atoms with Gasteiger partial charge in [0.15, 0.2) is 0 Å². The zero-order valence-corrected chi connectivity index (χ0v) is 8.92. The van der Waals surface area contributed by atoms with E-state index < -0.39 is 5.97 Å². The van der Waals surface area contributed by atoms with Crippen molar-refractivity contribution in [3.8, 4) is 16.9 Å². The predicted octanol–water partition coefficient (Wildman–Crippen LogP) is 2.34. The fourth-order valence-corrected chi connectivity index (χ4v) is 1.66. The molecule has 0 heterocycles. The Bertz CT molecular complexity index is 564. The average Bonchev–Trinajstić information content (AvgIpc) is 2.32. The van der Waals surface area contributed by atoms with Gasteiger partial charge in [-0.25, -0.2) is 4.79 Å². The summed E-state index contributed by atoms with van der Waals surface area (Å²) in [5.74, 6) is -1.47. The molecule has 0 aromatic heterocycles. The molecule has 2 rings (SSSR count). The third-order valence-corrected chi connectivity index (χ3v) is 2.45. The van der Waals surface area contributed by atoms with Crippen LogP contribution in [0.15, 0.2) is 42.5 Å². The highest BCUT2D eigenvalue weighted by Crippen LogP contribution is 2.34. The smallest absolute Gasteiger partial charge is 0.339 e. The topological polar surface area (TPSA) is 83.6 Å². The van der Waals surface area contributed by atoms with E-state index in [0.717, 1.165) is 5.56 Å². The molecule has 0 radical (unpaired) electrons. The summed E-state index contributed by atoms with van der Waals surface area (Å²) in [5, 5.41) is 18.8. The van der Waals surface area contributed by atoms with E-state index in [4.69, 9.17) is 10.8 Å². The van der Waals surface area contributed by atoms with Crippen LogP contribution in [0.5, 0.6) is 5.75 Å². The largest absolute Gasteiger partial charge is 0.506 e. The van der Waals surface area contributed by atoms with E-state index in [1.807, 2.05) is 6.07 Å². The Balaban J connectivity index is 2.67. The normalized spacial score (nSPS) is 10.1. The molecule has 17 heavy (non-hydrogen) atoms. The fourth-order valence-electron chi connectivity index (χ4n) is 1.66. The molecule has 0 bridgehead atoms. The maximum absolute atomic E-state index is 10.9. The quantitative estimate of drug-likeness (QED) is 0.545. The third kappa shape index (κ3) is 2.06. The minimum Gasteiger partial charge on any atom is -0.506 e. The Morgan fingerprint density at radius 1 is 1.12 bits per heavy atom. The van der Waals surface area contributed by atoms with Crippen molar-refractivity contribution in [2.24, 2.45) is 0 Å². The van der Waals surface area contributed by atoms with Crippen molar-refractivity contribution < 1.29 is 15.0 Å². The van der Waals surface area contributed by atoms with Gasteiger partial charge in [-0.2, -0.15) is 0 Å². The van der Waals surface area contributed by atoms with Gasteiger partial charge in [0.2, 0.25) is 0 Å². The van der Waals surface area contributed by atoms with Gasteiger partial charge in [0.05, 0.1) is 0 Å². The summed E-state index contributed by atoms with van der Waals surface area (Å²) in [4.78, 5) is 10.9. The number of aromatic carboxylic acids is 1. The van der Waals surface area contributed by atoms with E-state index in [0.29, 0.717) is 11.3 Å². The van der Waals surface area contributed by atoms with Crippen LogP contribution >= 0.6 is 0 Å². The SMILES string of the molecule is Nc1cc(C(=O)O)c(O)c(-c2ccccc2)c1. The first-order valence-corrected chi connectivity index (χ1v) is 5.01. The number of rotatable bonds is 2. The van der Waals surface area contributed by atoms with Crippen LogP contribution in [0, 0.1) is 0 Å². The lowest BCUT2D eigenvalue weighted by atomic mass is 10.0. The number of nitrogens with two attached hydrogens (primary N) is 1. The second-order valence-corrected chi connectivity index (χ2v) is 3.64. The summed E-state index contributed by atoms with van der Waals surface area (Å²) in [6.07, 6.45) is 0. The molecule has 2 aromatic carbocycles. The molecule has 4 heteroatoms. The summed E-state index contributed by atoms with van der Waals surface area (Å²) < 4.78 is 0. The van der Waals surface area contributed by atoms with Crippen molar-refractivity contribution >= 4 is 11.7 Å². The van der Waals surface area contributed by atoms with E-state index in [1.54, 1.807) is 30.3 Å². The minimum absolute atomic E-state index is 0.191. The molecule has 86 valence electrons. The molecular formula is C13H11NO3. The molecule has 0 spiro atoms. The molecule has 0 atom stereocenters. The van der Waals surface area contributed by atoms with E-state index in [-0.39, 0.29) is 11.3 Å². The Hall–Kier alpha value is -2.49. The number of carbonyl (C=O) groups is 1. The lowest BCUT2D eigenvalue weighted by Gasteiger charge is -2.09. The first-order chi connectivity index (χ1) is 8.09. The zero-order valence-electron chi connectivity index (χ0n) is 8.92. The Kier molecular flexibility index (Phi) is 2.70. The molecule has 0 saturated carbocycles. The van der Waals surface area contributed by atoms with Gasteiger partial charge >= 0.3 is 5.97 Å². The van der Waals surface area contributed by atoms with Crippen LogP contribution in [0.2, 0.25) is 0 Å². The first kappa shape index (κ1) is 11.0. The third-order valence-electron chi connectivity index (χ3n) is 2.45. The summed E-state index contributed by atoms with van der Waals surface area (Å²) >= 11 is 0. The van der Waals surface area contributed by atoms with Crippen molar-refractivity contribution in [2.75, 3.05) is 5.73 Å². The zero-order chi connectivity index (χ0) is 12.4. The van der Waals surface area contributed by atoms with Crippen molar-refractivity contribution in [3.05, 3.63) is 48.0 Å². The van der Waals surface area contributed by atoms with Gasteiger partial charge in [0.1, 0.15) is 11.3 Å². The van der Waals surface area contributed by atoms with Gasteiger partial charge in [-0.15, -0.1) is 0 Å². The lowest BCUT2D eigenvalue weighted by molar-refractivity contribution is 0.0694. The number of benzene rings is 2. The van der Waals surface area contributed by atoms with Crippen LogP contribution in [0.4, 0.5) is 5.69 Å². The number of anilines is 1. The van der Waals surface area contributed by atoms with E-state index >= 15 is 0 Å². The van der Waals surface area contributed by atoms with E-state index in [9.17, 15) is 9.90 Å². The second kappa shape index (κ2) is 4.17. The van der Waals surface area contributed by atoms with Crippen LogP contribution in [0.25, 0.3) is 11.1 Å². The van der Waals surface area contributed by atoms with Crippen molar-refractivity contribution in [2.45, 2.75) is 0 Å². The number of phenols is 1. The predicted molar refractivity (Wildman–Crippen MR) is 64.9 cm³/mol. The van der Waals surface area contributed by atoms with Gasteiger partial charge in [0.25, 0.3) is 0 Å². The molecule has 0 aliphatic rings. The number of hydrogen-bond acceptors (Lipinski definition) is 3. The Morgan fingerprint density at radius 3 is 2.35 bits per heavy atom. The van der Waals surface area contributed by atoms with Gasteiger partial charge in [-0.05, 0) is 17.7 Å². The molecule has 2 aromatic rings. The fraction of sp³-hybridized carbons (Fsp3) is 0. The lowest BCUT2D eigenvalue weighted by Crippen LogP contribution is -2.00. The van der Waals surface area contributed by atoms with E-state index in [1.165, 1.54) is 6.07 Å². The van der Waals surface area contributed by atoms with Gasteiger partial charge in [-0.3, -0.25) is 0 Å². The molecular weight excluding hydrogens is 218 g/mol. The van der Waals surface area contributed by atoms with Crippen molar-refractivity contribution in [3.63, 3.8) is 0 Å². The van der Waals surface area contributed by atoms with Crippen LogP contribution in [0.1, 0.15) is 10.4 Å². The van der Waals surface area contributed by atoms with Gasteiger partial charge < -0.3 is 15.9 Å². The molecule has 0 unspecified atom stereocenters. The minimum atomic E-state index is -1.20. The molecule has 0 fully saturated rings. The molecule has 4 nitrogen and oxygen atoms in total. The standard InChI is InChI=1S/C13H11NO3/c14-9-6-10(8-4-2-1-3-5-8)12(15)11(7-9)13(16)17/h1-7,15H,14H2,(H,16,17). The van der Waals surface area contributed by atoms with Crippen LogP contribution in [-0.4, -0.2) is 16.2 Å². The maximum Gasteiger partial charge on any atom is 0.339 e. The number of hydrogen-bond donors (Lipinski definition) is 3. The first-order valence-electron chi connectivity index (χ1n) is 5.01. The molecule has 0 aliphatic carbocycles. The number of carboxylic acid groups (broad SMARTS) is 1.